The van der Waals surface area contributed by atoms with Crippen molar-refractivity contribution >= 4 is 40.8 Å². The number of nitrogens with one attached hydrogen (secondary N) is 2. The monoisotopic (exact) mass is 311 g/mol. The number of hydrogen-bond donors (Lipinski definition) is 2. The number of halogens is 1. The zero-order valence-corrected chi connectivity index (χ0v) is 13.3. The van der Waals surface area contributed by atoms with E-state index in [0.29, 0.717) is 22.3 Å². The van der Waals surface area contributed by atoms with Crippen molar-refractivity contribution in [2.75, 3.05) is 6.54 Å². The van der Waals surface area contributed by atoms with E-state index >= 15 is 0 Å². The van der Waals surface area contributed by atoms with Gasteiger partial charge in [0.05, 0.1) is 16.1 Å². The first-order chi connectivity index (χ1) is 9.41. The number of carbonyl (C=O) groups is 1. The lowest BCUT2D eigenvalue weighted by molar-refractivity contribution is -0.123. The Balaban J connectivity index is 2.37. The van der Waals surface area contributed by atoms with E-state index in [9.17, 15) is 4.79 Å². The van der Waals surface area contributed by atoms with Crippen LogP contribution in [0.2, 0.25) is 5.02 Å². The number of fused-ring (bicyclic) bond motifs is 1. The number of aromatic amines is 1. The molecule has 0 saturated heterocycles. The zero-order chi connectivity index (χ0) is 14.9. The minimum absolute atomic E-state index is 0.0457. The molecule has 1 unspecified atom stereocenters. The smallest absolute Gasteiger partial charge is 0.242 e. The Morgan fingerprint density at radius 3 is 2.80 bits per heavy atom. The van der Waals surface area contributed by atoms with Gasteiger partial charge in [-0.3, -0.25) is 4.79 Å². The summed E-state index contributed by atoms with van der Waals surface area (Å²) in [5.41, 5.74) is 1.61. The molecule has 1 heterocycles. The quantitative estimate of drug-likeness (QED) is 0.846. The van der Waals surface area contributed by atoms with Crippen LogP contribution in [0, 0.1) is 10.7 Å². The highest BCUT2D eigenvalue weighted by atomic mass is 35.5. The van der Waals surface area contributed by atoms with Crippen molar-refractivity contribution in [3.05, 3.63) is 28.0 Å². The molecule has 1 atom stereocenters. The van der Waals surface area contributed by atoms with Crippen molar-refractivity contribution in [1.29, 1.82) is 0 Å². The van der Waals surface area contributed by atoms with Crippen LogP contribution in [0.25, 0.3) is 11.0 Å². The summed E-state index contributed by atoms with van der Waals surface area (Å²) in [5.74, 6) is 0.368. The van der Waals surface area contributed by atoms with E-state index in [4.69, 9.17) is 23.8 Å². The van der Waals surface area contributed by atoms with Gasteiger partial charge in [-0.05, 0) is 37.2 Å². The van der Waals surface area contributed by atoms with Crippen molar-refractivity contribution in [3.63, 3.8) is 0 Å². The lowest BCUT2D eigenvalue weighted by Gasteiger charge is -2.15. The fourth-order valence-electron chi connectivity index (χ4n) is 2.07. The molecule has 20 heavy (non-hydrogen) atoms. The molecule has 4 nitrogen and oxygen atoms in total. The highest BCUT2D eigenvalue weighted by Crippen LogP contribution is 2.25. The molecule has 0 aliphatic heterocycles. The van der Waals surface area contributed by atoms with Crippen LogP contribution < -0.4 is 5.32 Å². The second kappa shape index (κ2) is 5.97. The number of para-hydroxylation sites is 1. The number of benzene rings is 1. The minimum atomic E-state index is -0.381. The molecule has 1 aromatic carbocycles. The summed E-state index contributed by atoms with van der Waals surface area (Å²) in [6, 6.07) is 5.17. The maximum Gasteiger partial charge on any atom is 0.242 e. The normalized spacial score (nSPS) is 12.8. The molecule has 0 spiro atoms. The largest absolute Gasteiger partial charge is 0.354 e. The summed E-state index contributed by atoms with van der Waals surface area (Å²) in [7, 11) is 0. The van der Waals surface area contributed by atoms with Gasteiger partial charge < -0.3 is 14.9 Å². The van der Waals surface area contributed by atoms with E-state index < -0.39 is 0 Å². The molecule has 2 aromatic rings. The van der Waals surface area contributed by atoms with E-state index in [1.807, 2.05) is 19.1 Å². The van der Waals surface area contributed by atoms with Crippen LogP contribution in [0.5, 0.6) is 0 Å². The molecule has 108 valence electrons. The van der Waals surface area contributed by atoms with Crippen LogP contribution >= 0.6 is 23.8 Å². The molecule has 1 aromatic heterocycles. The van der Waals surface area contributed by atoms with Gasteiger partial charge in [-0.1, -0.05) is 31.5 Å². The molecule has 1 amide bonds. The second-order valence-electron chi connectivity index (χ2n) is 5.25. The van der Waals surface area contributed by atoms with Gasteiger partial charge in [0, 0.05) is 6.54 Å². The molecule has 0 aliphatic rings. The molecule has 0 bridgehead atoms. The summed E-state index contributed by atoms with van der Waals surface area (Å²) in [6.45, 7) is 6.60. The number of nitrogens with zero attached hydrogens (tertiary/aromatic N) is 1. The van der Waals surface area contributed by atoms with Gasteiger partial charge in [-0.25, -0.2) is 0 Å². The Morgan fingerprint density at radius 1 is 1.45 bits per heavy atom. The van der Waals surface area contributed by atoms with Gasteiger partial charge in [0.2, 0.25) is 5.91 Å². The number of hydrogen-bond acceptors (Lipinski definition) is 2. The Kier molecular flexibility index (Phi) is 4.50. The maximum absolute atomic E-state index is 12.2. The van der Waals surface area contributed by atoms with Crippen molar-refractivity contribution in [3.8, 4) is 0 Å². The summed E-state index contributed by atoms with van der Waals surface area (Å²) >= 11 is 11.5. The van der Waals surface area contributed by atoms with Crippen LogP contribution in [0.1, 0.15) is 26.8 Å². The first-order valence-electron chi connectivity index (χ1n) is 6.58. The fourth-order valence-corrected chi connectivity index (χ4v) is 2.64. The summed E-state index contributed by atoms with van der Waals surface area (Å²) in [4.78, 5) is 15.3. The van der Waals surface area contributed by atoms with Crippen molar-refractivity contribution in [1.82, 2.24) is 14.9 Å². The lowest BCUT2D eigenvalue weighted by atomic mass is 10.2. The number of aromatic nitrogens is 2. The minimum Gasteiger partial charge on any atom is -0.354 e. The predicted octanol–water partition coefficient (Wildman–Crippen LogP) is 3.69. The third kappa shape index (κ3) is 2.88. The van der Waals surface area contributed by atoms with E-state index in [-0.39, 0.29) is 11.9 Å². The molecule has 2 rings (SSSR count). The Hall–Kier alpha value is -1.33. The van der Waals surface area contributed by atoms with Gasteiger partial charge in [0.1, 0.15) is 6.04 Å². The number of carbonyl (C=O) groups excluding carboxylic acids is 1. The number of imidazole rings is 1. The Morgan fingerprint density at radius 2 is 2.15 bits per heavy atom. The van der Waals surface area contributed by atoms with Gasteiger partial charge in [0.25, 0.3) is 0 Å². The summed E-state index contributed by atoms with van der Waals surface area (Å²) < 4.78 is 2.30. The first kappa shape index (κ1) is 15.1. The zero-order valence-electron chi connectivity index (χ0n) is 11.7. The average molecular weight is 312 g/mol. The highest BCUT2D eigenvalue weighted by Gasteiger charge is 2.19. The topological polar surface area (TPSA) is 49.8 Å². The van der Waals surface area contributed by atoms with Crippen molar-refractivity contribution < 1.29 is 4.79 Å². The molecule has 0 fully saturated rings. The van der Waals surface area contributed by atoms with Crippen LogP contribution in [-0.4, -0.2) is 22.0 Å². The summed E-state index contributed by atoms with van der Waals surface area (Å²) in [6.07, 6.45) is 0. The van der Waals surface area contributed by atoms with Crippen LogP contribution in [-0.2, 0) is 4.79 Å². The molecule has 0 aliphatic carbocycles. The second-order valence-corrected chi connectivity index (χ2v) is 6.04. The van der Waals surface area contributed by atoms with Crippen LogP contribution in [0.4, 0.5) is 0 Å². The van der Waals surface area contributed by atoms with Gasteiger partial charge >= 0.3 is 0 Å². The molecule has 2 N–H and O–H groups in total. The third-order valence-electron chi connectivity index (χ3n) is 3.15. The molecular formula is C14H18ClN3OS. The van der Waals surface area contributed by atoms with Crippen molar-refractivity contribution in [2.24, 2.45) is 5.92 Å². The third-order valence-corrected chi connectivity index (χ3v) is 3.77. The van der Waals surface area contributed by atoms with Crippen LogP contribution in [0.15, 0.2) is 18.2 Å². The van der Waals surface area contributed by atoms with Gasteiger partial charge in [-0.15, -0.1) is 0 Å². The average Bonchev–Trinajstić information content (AvgIpc) is 2.73. The number of rotatable bonds is 4. The fraction of sp³-hybridized carbons (Fsp3) is 0.429. The first-order valence-corrected chi connectivity index (χ1v) is 7.37. The van der Waals surface area contributed by atoms with Crippen molar-refractivity contribution in [2.45, 2.75) is 26.8 Å². The molecular weight excluding hydrogens is 294 g/mol. The molecule has 6 heteroatoms. The Bertz CT molecular complexity index is 689. The van der Waals surface area contributed by atoms with E-state index in [1.165, 1.54) is 0 Å². The number of amides is 1. The SMILES string of the molecule is CC(C)CNC(=O)C(C)n1c(=S)[nH]c2c(Cl)cccc21. The van der Waals surface area contributed by atoms with Crippen LogP contribution in [0.3, 0.4) is 0 Å². The van der Waals surface area contributed by atoms with E-state index in [2.05, 4.69) is 24.1 Å². The lowest BCUT2D eigenvalue weighted by Crippen LogP contribution is -2.33. The van der Waals surface area contributed by atoms with Gasteiger partial charge in [-0.2, -0.15) is 0 Å². The van der Waals surface area contributed by atoms with E-state index in [1.54, 1.807) is 10.6 Å². The Labute approximate surface area is 128 Å². The summed E-state index contributed by atoms with van der Waals surface area (Å²) in [5, 5.41) is 3.52. The maximum atomic E-state index is 12.2. The molecule has 0 radical (unpaired) electrons. The number of H-pyrrole nitrogens is 1. The van der Waals surface area contributed by atoms with E-state index in [0.717, 1.165) is 11.0 Å². The highest BCUT2D eigenvalue weighted by molar-refractivity contribution is 7.71. The standard InChI is InChI=1S/C14H18ClN3OS/c1-8(2)7-16-13(19)9(3)18-11-6-4-5-10(15)12(11)17-14(18)20/h4-6,8-9H,7H2,1-3H3,(H,16,19)(H,17,20). The molecule has 0 saturated carbocycles. The predicted molar refractivity (Wildman–Crippen MR) is 84.7 cm³/mol. The van der Waals surface area contributed by atoms with Gasteiger partial charge in [0.15, 0.2) is 4.77 Å².